The molecule has 0 aliphatic carbocycles. The maximum Gasteiger partial charge on any atom is 0.310 e. The number of hydrogen-bond acceptors (Lipinski definition) is 3. The van der Waals surface area contributed by atoms with Crippen LogP contribution in [0.4, 0.5) is 0 Å². The Bertz CT molecular complexity index is 1020. The van der Waals surface area contributed by atoms with E-state index >= 15 is 0 Å². The standard InChI is InChI=1S/C18H17NO4S/c1-12-6-8-14(9-7-12)24(22,23)19-11-10-16-15(13(2)18(20)21)4-3-5-17(16)19/h3-11,13H,1-2H3,(H,20,21). The lowest BCUT2D eigenvalue weighted by molar-refractivity contribution is -0.138. The SMILES string of the molecule is Cc1ccc(S(=O)(=O)n2ccc3c(C(C)C(=O)O)cccc32)cc1. The van der Waals surface area contributed by atoms with Gasteiger partial charge in [-0.05, 0) is 43.7 Å². The Kier molecular flexibility index (Phi) is 3.93. The number of hydrogen-bond donors (Lipinski definition) is 1. The van der Waals surface area contributed by atoms with E-state index in [1.54, 1.807) is 55.5 Å². The molecule has 0 saturated heterocycles. The maximum absolute atomic E-state index is 12.9. The zero-order chi connectivity index (χ0) is 17.5. The predicted octanol–water partition coefficient (Wildman–Crippen LogP) is 3.37. The highest BCUT2D eigenvalue weighted by Gasteiger charge is 2.22. The number of fused-ring (bicyclic) bond motifs is 1. The third-order valence-corrected chi connectivity index (χ3v) is 5.85. The Labute approximate surface area is 140 Å². The van der Waals surface area contributed by atoms with Crippen LogP contribution in [0.2, 0.25) is 0 Å². The molecule has 124 valence electrons. The van der Waals surface area contributed by atoms with E-state index in [9.17, 15) is 18.3 Å². The van der Waals surface area contributed by atoms with Crippen LogP contribution in [0.1, 0.15) is 24.0 Å². The quantitative estimate of drug-likeness (QED) is 0.788. The summed E-state index contributed by atoms with van der Waals surface area (Å²) in [4.78, 5) is 11.5. The number of aryl methyl sites for hydroxylation is 1. The van der Waals surface area contributed by atoms with Crippen molar-refractivity contribution < 1.29 is 18.3 Å². The predicted molar refractivity (Wildman–Crippen MR) is 91.8 cm³/mol. The van der Waals surface area contributed by atoms with Gasteiger partial charge in [0.05, 0.1) is 16.3 Å². The van der Waals surface area contributed by atoms with E-state index < -0.39 is 21.9 Å². The fourth-order valence-corrected chi connectivity index (χ4v) is 4.06. The second-order valence-corrected chi connectivity index (χ2v) is 7.58. The Morgan fingerprint density at radius 2 is 1.75 bits per heavy atom. The minimum Gasteiger partial charge on any atom is -0.481 e. The molecule has 6 heteroatoms. The van der Waals surface area contributed by atoms with Gasteiger partial charge < -0.3 is 5.11 Å². The number of benzene rings is 2. The van der Waals surface area contributed by atoms with Crippen molar-refractivity contribution in [3.05, 3.63) is 65.9 Å². The van der Waals surface area contributed by atoms with Crippen molar-refractivity contribution in [3.63, 3.8) is 0 Å². The molecule has 1 atom stereocenters. The Morgan fingerprint density at radius 3 is 2.38 bits per heavy atom. The number of aliphatic carboxylic acids is 1. The van der Waals surface area contributed by atoms with Gasteiger partial charge in [0.1, 0.15) is 0 Å². The average Bonchev–Trinajstić information content (AvgIpc) is 2.99. The number of carbonyl (C=O) groups is 1. The van der Waals surface area contributed by atoms with Crippen molar-refractivity contribution in [2.45, 2.75) is 24.7 Å². The Balaban J connectivity index is 2.20. The van der Waals surface area contributed by atoms with E-state index in [2.05, 4.69) is 0 Å². The van der Waals surface area contributed by atoms with Crippen LogP contribution >= 0.6 is 0 Å². The van der Waals surface area contributed by atoms with Crippen LogP contribution in [0.15, 0.2) is 59.6 Å². The second-order valence-electron chi connectivity index (χ2n) is 5.77. The zero-order valence-corrected chi connectivity index (χ0v) is 14.1. The average molecular weight is 343 g/mol. The van der Waals surface area contributed by atoms with Crippen LogP contribution < -0.4 is 0 Å². The van der Waals surface area contributed by atoms with Gasteiger partial charge in [-0.3, -0.25) is 4.79 Å². The third-order valence-electron chi connectivity index (χ3n) is 4.15. The van der Waals surface area contributed by atoms with Crippen molar-refractivity contribution >= 4 is 26.9 Å². The highest BCUT2D eigenvalue weighted by atomic mass is 32.2. The highest BCUT2D eigenvalue weighted by molar-refractivity contribution is 7.90. The fraction of sp³-hybridized carbons (Fsp3) is 0.167. The van der Waals surface area contributed by atoms with Crippen LogP contribution in [0.25, 0.3) is 10.9 Å². The van der Waals surface area contributed by atoms with Crippen LogP contribution in [-0.4, -0.2) is 23.5 Å². The molecule has 3 rings (SSSR count). The first kappa shape index (κ1) is 16.3. The van der Waals surface area contributed by atoms with E-state index in [-0.39, 0.29) is 4.90 Å². The first-order chi connectivity index (χ1) is 11.3. The smallest absolute Gasteiger partial charge is 0.310 e. The first-order valence-electron chi connectivity index (χ1n) is 7.47. The lowest BCUT2D eigenvalue weighted by Gasteiger charge is -2.11. The molecule has 2 aromatic carbocycles. The van der Waals surface area contributed by atoms with Gasteiger partial charge in [0.15, 0.2) is 0 Å². The van der Waals surface area contributed by atoms with Crippen molar-refractivity contribution in [3.8, 4) is 0 Å². The molecule has 0 aliphatic heterocycles. The summed E-state index contributed by atoms with van der Waals surface area (Å²) in [6.45, 7) is 3.48. The van der Waals surface area contributed by atoms with E-state index in [4.69, 9.17) is 0 Å². The van der Waals surface area contributed by atoms with Gasteiger partial charge in [0, 0.05) is 11.6 Å². The molecule has 1 heterocycles. The summed E-state index contributed by atoms with van der Waals surface area (Å²) in [7, 11) is -3.73. The Morgan fingerprint density at radius 1 is 1.08 bits per heavy atom. The number of carboxylic acid groups (broad SMARTS) is 1. The van der Waals surface area contributed by atoms with Gasteiger partial charge >= 0.3 is 5.97 Å². The fourth-order valence-electron chi connectivity index (χ4n) is 2.71. The minimum atomic E-state index is -3.73. The van der Waals surface area contributed by atoms with Gasteiger partial charge in [-0.25, -0.2) is 12.4 Å². The largest absolute Gasteiger partial charge is 0.481 e. The summed E-state index contributed by atoms with van der Waals surface area (Å²) < 4.78 is 27.0. The number of nitrogens with zero attached hydrogens (tertiary/aromatic N) is 1. The molecular weight excluding hydrogens is 326 g/mol. The number of rotatable bonds is 4. The van der Waals surface area contributed by atoms with E-state index in [0.29, 0.717) is 16.5 Å². The van der Waals surface area contributed by atoms with Gasteiger partial charge in [-0.1, -0.05) is 29.8 Å². The minimum absolute atomic E-state index is 0.197. The monoisotopic (exact) mass is 343 g/mol. The maximum atomic E-state index is 12.9. The lowest BCUT2D eigenvalue weighted by Crippen LogP contribution is -2.12. The summed E-state index contributed by atoms with van der Waals surface area (Å²) in [5.41, 5.74) is 2.04. The molecule has 0 amide bonds. The topological polar surface area (TPSA) is 76.4 Å². The second kappa shape index (κ2) is 5.79. The highest BCUT2D eigenvalue weighted by Crippen LogP contribution is 2.29. The van der Waals surface area contributed by atoms with Crippen LogP contribution in [0.5, 0.6) is 0 Å². The van der Waals surface area contributed by atoms with Gasteiger partial charge in [0.25, 0.3) is 10.0 Å². The molecule has 24 heavy (non-hydrogen) atoms. The van der Waals surface area contributed by atoms with Crippen molar-refractivity contribution in [2.24, 2.45) is 0 Å². The molecule has 5 nitrogen and oxygen atoms in total. The molecule has 1 N–H and O–H groups in total. The van der Waals surface area contributed by atoms with Crippen molar-refractivity contribution in [2.75, 3.05) is 0 Å². The molecule has 1 unspecified atom stereocenters. The molecular formula is C18H17NO4S. The van der Waals surface area contributed by atoms with E-state index in [0.717, 1.165) is 5.56 Å². The number of aromatic nitrogens is 1. The third kappa shape index (κ3) is 2.59. The summed E-state index contributed by atoms with van der Waals surface area (Å²) in [6.07, 6.45) is 1.47. The van der Waals surface area contributed by atoms with Crippen LogP contribution in [-0.2, 0) is 14.8 Å². The number of carboxylic acids is 1. The van der Waals surface area contributed by atoms with Crippen LogP contribution in [0, 0.1) is 6.92 Å². The molecule has 0 bridgehead atoms. The summed E-state index contributed by atoms with van der Waals surface area (Å²) >= 11 is 0. The normalized spacial score (nSPS) is 13.1. The van der Waals surface area contributed by atoms with Crippen LogP contribution in [0.3, 0.4) is 0 Å². The Hall–Kier alpha value is -2.60. The molecule has 0 aliphatic rings. The van der Waals surface area contributed by atoms with Crippen molar-refractivity contribution in [1.29, 1.82) is 0 Å². The van der Waals surface area contributed by atoms with Gasteiger partial charge in [0.2, 0.25) is 0 Å². The van der Waals surface area contributed by atoms with E-state index in [1.165, 1.54) is 10.2 Å². The molecule has 1 aromatic heterocycles. The summed E-state index contributed by atoms with van der Waals surface area (Å²) in [5.74, 6) is -1.66. The van der Waals surface area contributed by atoms with Crippen molar-refractivity contribution in [1.82, 2.24) is 3.97 Å². The van der Waals surface area contributed by atoms with E-state index in [1.807, 2.05) is 6.92 Å². The zero-order valence-electron chi connectivity index (χ0n) is 13.3. The molecule has 0 spiro atoms. The molecule has 0 radical (unpaired) electrons. The van der Waals surface area contributed by atoms with Gasteiger partial charge in [-0.2, -0.15) is 0 Å². The van der Waals surface area contributed by atoms with Gasteiger partial charge in [-0.15, -0.1) is 0 Å². The molecule has 3 aromatic rings. The summed E-state index contributed by atoms with van der Waals surface area (Å²) in [6, 6.07) is 13.4. The molecule has 0 saturated carbocycles. The lowest BCUT2D eigenvalue weighted by atomic mass is 9.98. The molecule has 0 fully saturated rings. The summed E-state index contributed by atoms with van der Waals surface area (Å²) in [5, 5.41) is 9.87. The first-order valence-corrected chi connectivity index (χ1v) is 8.91.